The molecule has 0 bridgehead atoms. The summed E-state index contributed by atoms with van der Waals surface area (Å²) in [6, 6.07) is 6.27. The summed E-state index contributed by atoms with van der Waals surface area (Å²) < 4.78 is 0. The van der Waals surface area contributed by atoms with Crippen LogP contribution in [0.4, 0.5) is 0 Å². The first-order valence-electron chi connectivity index (χ1n) is 5.16. The molecule has 0 aliphatic rings. The lowest BCUT2D eigenvalue weighted by atomic mass is 10.3. The third kappa shape index (κ3) is 2.57. The van der Waals surface area contributed by atoms with Gasteiger partial charge in [-0.15, -0.1) is 11.3 Å². The van der Waals surface area contributed by atoms with E-state index in [0.717, 1.165) is 12.1 Å². The number of unbranched alkanes of at least 4 members (excludes halogenated alkanes) is 1. The summed E-state index contributed by atoms with van der Waals surface area (Å²) >= 11 is 1.78. The van der Waals surface area contributed by atoms with Gasteiger partial charge in [-0.1, -0.05) is 19.4 Å². The third-order valence-corrected chi connectivity index (χ3v) is 3.21. The number of nitrogens with one attached hydrogen (secondary N) is 1. The summed E-state index contributed by atoms with van der Waals surface area (Å²) in [5, 5.41) is 6.92. The zero-order valence-electron chi connectivity index (χ0n) is 8.73. The largest absolute Gasteiger partial charge is 0.277 e. The Hall–Kier alpha value is -1.35. The van der Waals surface area contributed by atoms with Crippen LogP contribution in [0.25, 0.3) is 16.6 Å². The van der Waals surface area contributed by atoms with Gasteiger partial charge in [-0.25, -0.2) is 0 Å². The van der Waals surface area contributed by atoms with Crippen molar-refractivity contribution < 1.29 is 0 Å². The maximum Gasteiger partial charge on any atom is 0.0750 e. The molecule has 0 atom stereocenters. The van der Waals surface area contributed by atoms with Crippen molar-refractivity contribution in [1.82, 2.24) is 10.2 Å². The Bertz CT molecular complexity index is 426. The zero-order valence-corrected chi connectivity index (χ0v) is 9.55. The standard InChI is InChI=1S/C12H14N2S/c1-2-3-4-5-10-6-7-12(15-10)11-8-9-13-14-11/h4-9H,2-3H2,1H3,(H,13,14). The topological polar surface area (TPSA) is 28.7 Å². The van der Waals surface area contributed by atoms with Gasteiger partial charge in [0, 0.05) is 11.1 Å². The van der Waals surface area contributed by atoms with Crippen molar-refractivity contribution in [2.45, 2.75) is 19.8 Å². The molecule has 1 N–H and O–H groups in total. The Labute approximate surface area is 93.7 Å². The molecule has 0 radical (unpaired) electrons. The highest BCUT2D eigenvalue weighted by molar-refractivity contribution is 7.16. The van der Waals surface area contributed by atoms with Crippen LogP contribution in [0.2, 0.25) is 0 Å². The molecule has 2 nitrogen and oxygen atoms in total. The number of aromatic amines is 1. The first-order chi connectivity index (χ1) is 7.40. The molecular weight excluding hydrogens is 204 g/mol. The lowest BCUT2D eigenvalue weighted by Gasteiger charge is -1.88. The Kier molecular flexibility index (Phi) is 3.35. The molecule has 2 aromatic rings. The first-order valence-corrected chi connectivity index (χ1v) is 5.98. The van der Waals surface area contributed by atoms with E-state index in [2.05, 4.69) is 41.4 Å². The minimum Gasteiger partial charge on any atom is -0.277 e. The van der Waals surface area contributed by atoms with Gasteiger partial charge in [0.15, 0.2) is 0 Å². The fourth-order valence-electron chi connectivity index (χ4n) is 1.35. The number of nitrogens with zero attached hydrogens (tertiary/aromatic N) is 1. The molecule has 0 aliphatic carbocycles. The molecule has 0 fully saturated rings. The van der Waals surface area contributed by atoms with E-state index in [1.807, 2.05) is 6.07 Å². The Morgan fingerprint density at radius 1 is 1.40 bits per heavy atom. The van der Waals surface area contributed by atoms with Gasteiger partial charge >= 0.3 is 0 Å². The van der Waals surface area contributed by atoms with E-state index in [1.165, 1.54) is 16.2 Å². The van der Waals surface area contributed by atoms with E-state index in [9.17, 15) is 0 Å². The molecule has 0 saturated heterocycles. The average Bonchev–Trinajstić information content (AvgIpc) is 2.87. The van der Waals surface area contributed by atoms with Crippen molar-refractivity contribution in [3.8, 4) is 10.6 Å². The second-order valence-electron chi connectivity index (χ2n) is 3.36. The molecule has 0 unspecified atom stereocenters. The molecule has 0 spiro atoms. The molecular formula is C12H14N2S. The monoisotopic (exact) mass is 218 g/mol. The highest BCUT2D eigenvalue weighted by Crippen LogP contribution is 2.27. The number of hydrogen-bond donors (Lipinski definition) is 1. The second kappa shape index (κ2) is 4.94. The predicted octanol–water partition coefficient (Wildman–Crippen LogP) is 3.95. The van der Waals surface area contributed by atoms with E-state index in [-0.39, 0.29) is 0 Å². The number of thiophene rings is 1. The van der Waals surface area contributed by atoms with Crippen molar-refractivity contribution in [2.24, 2.45) is 0 Å². The maximum absolute atomic E-state index is 3.95. The maximum atomic E-state index is 3.95. The van der Waals surface area contributed by atoms with Gasteiger partial charge in [0.25, 0.3) is 0 Å². The molecule has 2 aromatic heterocycles. The van der Waals surface area contributed by atoms with E-state index in [4.69, 9.17) is 0 Å². The second-order valence-corrected chi connectivity index (χ2v) is 4.48. The minimum atomic E-state index is 1.09. The fourth-order valence-corrected chi connectivity index (χ4v) is 2.26. The summed E-state index contributed by atoms with van der Waals surface area (Å²) in [5.74, 6) is 0. The Morgan fingerprint density at radius 2 is 2.33 bits per heavy atom. The van der Waals surface area contributed by atoms with Crippen LogP contribution in [0, 0.1) is 0 Å². The van der Waals surface area contributed by atoms with Gasteiger partial charge in [-0.05, 0) is 30.7 Å². The van der Waals surface area contributed by atoms with Gasteiger partial charge in [-0.3, -0.25) is 5.10 Å². The van der Waals surface area contributed by atoms with Crippen LogP contribution in [0.5, 0.6) is 0 Å². The molecule has 3 heteroatoms. The van der Waals surface area contributed by atoms with Crippen LogP contribution in [0.3, 0.4) is 0 Å². The van der Waals surface area contributed by atoms with Crippen LogP contribution >= 0.6 is 11.3 Å². The van der Waals surface area contributed by atoms with Crippen LogP contribution in [0.1, 0.15) is 24.6 Å². The number of aromatic nitrogens is 2. The normalized spacial score (nSPS) is 11.3. The minimum absolute atomic E-state index is 1.09. The molecule has 2 rings (SSSR count). The zero-order chi connectivity index (χ0) is 10.5. The van der Waals surface area contributed by atoms with Crippen molar-refractivity contribution in [2.75, 3.05) is 0 Å². The quantitative estimate of drug-likeness (QED) is 0.827. The summed E-state index contributed by atoms with van der Waals surface area (Å²) in [6.45, 7) is 2.19. The highest BCUT2D eigenvalue weighted by Gasteiger charge is 2.01. The SMILES string of the molecule is CCCC=Cc1ccc(-c2ccn[nH]2)s1. The van der Waals surface area contributed by atoms with E-state index < -0.39 is 0 Å². The lowest BCUT2D eigenvalue weighted by molar-refractivity contribution is 0.962. The van der Waals surface area contributed by atoms with Crippen LogP contribution in [-0.2, 0) is 0 Å². The number of rotatable bonds is 4. The van der Waals surface area contributed by atoms with Crippen molar-refractivity contribution in [3.05, 3.63) is 35.3 Å². The number of hydrogen-bond acceptors (Lipinski definition) is 2. The van der Waals surface area contributed by atoms with E-state index >= 15 is 0 Å². The molecule has 78 valence electrons. The van der Waals surface area contributed by atoms with Gasteiger partial charge in [0.05, 0.1) is 10.6 Å². The van der Waals surface area contributed by atoms with Crippen molar-refractivity contribution >= 4 is 17.4 Å². The molecule has 15 heavy (non-hydrogen) atoms. The molecule has 0 aromatic carbocycles. The summed E-state index contributed by atoms with van der Waals surface area (Å²) in [6.07, 6.45) is 8.55. The van der Waals surface area contributed by atoms with E-state index in [0.29, 0.717) is 0 Å². The van der Waals surface area contributed by atoms with Gasteiger partial charge in [-0.2, -0.15) is 5.10 Å². The molecule has 2 heterocycles. The molecule has 0 aliphatic heterocycles. The fraction of sp³-hybridized carbons (Fsp3) is 0.250. The third-order valence-electron chi connectivity index (χ3n) is 2.13. The van der Waals surface area contributed by atoms with Crippen LogP contribution in [0.15, 0.2) is 30.5 Å². The Balaban J connectivity index is 2.11. The first kappa shape index (κ1) is 10.2. The summed E-state index contributed by atoms with van der Waals surface area (Å²) in [5.41, 5.74) is 1.09. The van der Waals surface area contributed by atoms with Crippen molar-refractivity contribution in [1.29, 1.82) is 0 Å². The summed E-state index contributed by atoms with van der Waals surface area (Å²) in [4.78, 5) is 2.54. The summed E-state index contributed by atoms with van der Waals surface area (Å²) in [7, 11) is 0. The molecule has 0 amide bonds. The lowest BCUT2D eigenvalue weighted by Crippen LogP contribution is -1.69. The van der Waals surface area contributed by atoms with Crippen molar-refractivity contribution in [3.63, 3.8) is 0 Å². The van der Waals surface area contributed by atoms with Gasteiger partial charge < -0.3 is 0 Å². The smallest absolute Gasteiger partial charge is 0.0750 e. The molecule has 0 saturated carbocycles. The average molecular weight is 218 g/mol. The highest BCUT2D eigenvalue weighted by atomic mass is 32.1. The Morgan fingerprint density at radius 3 is 3.07 bits per heavy atom. The predicted molar refractivity (Wildman–Crippen MR) is 65.8 cm³/mol. The van der Waals surface area contributed by atoms with Gasteiger partial charge in [0.2, 0.25) is 0 Å². The van der Waals surface area contributed by atoms with E-state index in [1.54, 1.807) is 17.5 Å². The number of H-pyrrole nitrogens is 1. The van der Waals surface area contributed by atoms with Crippen LogP contribution in [-0.4, -0.2) is 10.2 Å². The van der Waals surface area contributed by atoms with Gasteiger partial charge in [0.1, 0.15) is 0 Å². The number of allylic oxidation sites excluding steroid dienone is 1. The van der Waals surface area contributed by atoms with Crippen LogP contribution < -0.4 is 0 Å².